The van der Waals surface area contributed by atoms with Gasteiger partial charge in [0, 0.05) is 39.4 Å². The third-order valence-corrected chi connectivity index (χ3v) is 2.35. The summed E-state index contributed by atoms with van der Waals surface area (Å²) in [5.41, 5.74) is 0.818. The van der Waals surface area contributed by atoms with Crippen LogP contribution in [0.3, 0.4) is 0 Å². The van der Waals surface area contributed by atoms with Crippen LogP contribution in [0.4, 0.5) is 13.2 Å². The predicted octanol–water partition coefficient (Wildman–Crippen LogP) is 1.96. The van der Waals surface area contributed by atoms with Crippen LogP contribution in [0, 0.1) is 0 Å². The summed E-state index contributed by atoms with van der Waals surface area (Å²) in [4.78, 5) is 4.11. The standard InChI is InChI=1S/C11H18F3N3O/c1-18-6-4-15-7-10-8-17(9-16-10)5-2-3-11(12,13)14/h8-9,15H,2-7H2,1H3. The molecule has 1 aromatic rings. The summed E-state index contributed by atoms with van der Waals surface area (Å²) in [5, 5.41) is 3.12. The molecule has 0 aliphatic heterocycles. The highest BCUT2D eigenvalue weighted by Crippen LogP contribution is 2.21. The number of rotatable bonds is 8. The van der Waals surface area contributed by atoms with E-state index < -0.39 is 12.6 Å². The van der Waals surface area contributed by atoms with Gasteiger partial charge in [-0.2, -0.15) is 13.2 Å². The van der Waals surface area contributed by atoms with E-state index in [-0.39, 0.29) is 6.42 Å². The van der Waals surface area contributed by atoms with Crippen LogP contribution in [0.15, 0.2) is 12.5 Å². The Labute approximate surface area is 104 Å². The van der Waals surface area contributed by atoms with Gasteiger partial charge in [-0.25, -0.2) is 4.98 Å². The summed E-state index contributed by atoms with van der Waals surface area (Å²) >= 11 is 0. The lowest BCUT2D eigenvalue weighted by Crippen LogP contribution is -2.18. The predicted molar refractivity (Wildman–Crippen MR) is 61.1 cm³/mol. The highest BCUT2D eigenvalue weighted by molar-refractivity contribution is 4.96. The van der Waals surface area contributed by atoms with E-state index in [1.807, 2.05) is 0 Å². The average molecular weight is 265 g/mol. The number of hydrogen-bond donors (Lipinski definition) is 1. The number of aromatic nitrogens is 2. The van der Waals surface area contributed by atoms with Gasteiger partial charge in [-0.05, 0) is 6.42 Å². The molecule has 7 heteroatoms. The van der Waals surface area contributed by atoms with E-state index in [4.69, 9.17) is 4.74 Å². The van der Waals surface area contributed by atoms with Crippen molar-refractivity contribution in [2.75, 3.05) is 20.3 Å². The molecular formula is C11H18F3N3O. The lowest BCUT2D eigenvalue weighted by molar-refractivity contribution is -0.135. The van der Waals surface area contributed by atoms with Crippen LogP contribution < -0.4 is 5.32 Å². The van der Waals surface area contributed by atoms with Crippen molar-refractivity contribution in [3.63, 3.8) is 0 Å². The Balaban J connectivity index is 2.21. The fourth-order valence-electron chi connectivity index (χ4n) is 1.47. The smallest absolute Gasteiger partial charge is 0.383 e. The van der Waals surface area contributed by atoms with Crippen LogP contribution in [0.25, 0.3) is 0 Å². The summed E-state index contributed by atoms with van der Waals surface area (Å²) in [6.45, 7) is 2.27. The maximum atomic E-state index is 12.0. The molecule has 0 bridgehead atoms. The molecule has 0 amide bonds. The molecule has 0 atom stereocenters. The fourth-order valence-corrected chi connectivity index (χ4v) is 1.47. The largest absolute Gasteiger partial charge is 0.389 e. The van der Waals surface area contributed by atoms with Crippen LogP contribution in [0.1, 0.15) is 18.5 Å². The number of alkyl halides is 3. The van der Waals surface area contributed by atoms with Gasteiger partial charge in [-0.3, -0.25) is 0 Å². The number of halogens is 3. The van der Waals surface area contributed by atoms with Gasteiger partial charge >= 0.3 is 6.18 Å². The second-order valence-electron chi connectivity index (χ2n) is 3.99. The molecule has 0 fully saturated rings. The number of nitrogens with zero attached hydrogens (tertiary/aromatic N) is 2. The second-order valence-corrected chi connectivity index (χ2v) is 3.99. The molecule has 0 aromatic carbocycles. The Morgan fingerprint density at radius 2 is 2.22 bits per heavy atom. The van der Waals surface area contributed by atoms with Gasteiger partial charge in [0.2, 0.25) is 0 Å². The molecule has 1 N–H and O–H groups in total. The van der Waals surface area contributed by atoms with Gasteiger partial charge in [0.1, 0.15) is 0 Å². The molecular weight excluding hydrogens is 247 g/mol. The van der Waals surface area contributed by atoms with Gasteiger partial charge in [-0.15, -0.1) is 0 Å². The Kier molecular flexibility index (Phi) is 6.14. The van der Waals surface area contributed by atoms with Crippen molar-refractivity contribution in [1.29, 1.82) is 0 Å². The molecule has 0 aliphatic rings. The highest BCUT2D eigenvalue weighted by atomic mass is 19.4. The molecule has 4 nitrogen and oxygen atoms in total. The van der Waals surface area contributed by atoms with Crippen molar-refractivity contribution in [1.82, 2.24) is 14.9 Å². The first-order valence-electron chi connectivity index (χ1n) is 5.78. The summed E-state index contributed by atoms with van der Waals surface area (Å²) in [5.74, 6) is 0. The monoisotopic (exact) mass is 265 g/mol. The minimum absolute atomic E-state index is 0.0798. The Hall–Kier alpha value is -1.08. The zero-order valence-corrected chi connectivity index (χ0v) is 10.3. The topological polar surface area (TPSA) is 39.1 Å². The van der Waals surface area contributed by atoms with E-state index in [1.54, 1.807) is 24.2 Å². The van der Waals surface area contributed by atoms with Crippen molar-refractivity contribution in [2.24, 2.45) is 0 Å². The Morgan fingerprint density at radius 3 is 2.89 bits per heavy atom. The molecule has 1 rings (SSSR count). The number of aryl methyl sites for hydroxylation is 1. The van der Waals surface area contributed by atoms with Crippen molar-refractivity contribution < 1.29 is 17.9 Å². The van der Waals surface area contributed by atoms with Gasteiger partial charge in [0.15, 0.2) is 0 Å². The van der Waals surface area contributed by atoms with Gasteiger partial charge < -0.3 is 14.6 Å². The van der Waals surface area contributed by atoms with Crippen molar-refractivity contribution in [3.05, 3.63) is 18.2 Å². The van der Waals surface area contributed by atoms with E-state index in [2.05, 4.69) is 10.3 Å². The molecule has 1 aromatic heterocycles. The zero-order chi connectivity index (χ0) is 13.4. The molecule has 0 saturated heterocycles. The summed E-state index contributed by atoms with van der Waals surface area (Å²) < 4.78 is 42.4. The van der Waals surface area contributed by atoms with E-state index in [0.717, 1.165) is 12.2 Å². The van der Waals surface area contributed by atoms with Crippen LogP contribution in [0.2, 0.25) is 0 Å². The minimum atomic E-state index is -4.08. The SMILES string of the molecule is COCCNCc1cn(CCCC(F)(F)F)cn1. The van der Waals surface area contributed by atoms with Gasteiger partial charge in [0.05, 0.1) is 18.6 Å². The van der Waals surface area contributed by atoms with Crippen LogP contribution >= 0.6 is 0 Å². The first-order chi connectivity index (χ1) is 8.51. The molecule has 18 heavy (non-hydrogen) atoms. The number of methoxy groups -OCH3 is 1. The third kappa shape index (κ3) is 6.61. The van der Waals surface area contributed by atoms with Crippen molar-refractivity contribution >= 4 is 0 Å². The Bertz CT molecular complexity index is 339. The average Bonchev–Trinajstić information content (AvgIpc) is 2.71. The normalized spacial score (nSPS) is 12.0. The van der Waals surface area contributed by atoms with Crippen LogP contribution in [-0.2, 0) is 17.8 Å². The molecule has 104 valence electrons. The lowest BCUT2D eigenvalue weighted by Gasteiger charge is -2.05. The zero-order valence-electron chi connectivity index (χ0n) is 10.3. The molecule has 0 radical (unpaired) electrons. The molecule has 0 aliphatic carbocycles. The Morgan fingerprint density at radius 1 is 1.44 bits per heavy atom. The second kappa shape index (κ2) is 7.38. The first kappa shape index (κ1) is 15.0. The maximum absolute atomic E-state index is 12.0. The molecule has 0 spiro atoms. The van der Waals surface area contributed by atoms with Crippen LogP contribution in [-0.4, -0.2) is 36.0 Å². The van der Waals surface area contributed by atoms with Gasteiger partial charge in [-0.1, -0.05) is 0 Å². The summed E-state index contributed by atoms with van der Waals surface area (Å²) in [7, 11) is 1.62. The van der Waals surface area contributed by atoms with E-state index in [9.17, 15) is 13.2 Å². The van der Waals surface area contributed by atoms with Gasteiger partial charge in [0.25, 0.3) is 0 Å². The van der Waals surface area contributed by atoms with E-state index in [0.29, 0.717) is 19.7 Å². The van der Waals surface area contributed by atoms with E-state index >= 15 is 0 Å². The maximum Gasteiger partial charge on any atom is 0.389 e. The quantitative estimate of drug-likeness (QED) is 0.730. The molecule has 1 heterocycles. The highest BCUT2D eigenvalue weighted by Gasteiger charge is 2.25. The lowest BCUT2D eigenvalue weighted by atomic mass is 10.3. The minimum Gasteiger partial charge on any atom is -0.383 e. The third-order valence-electron chi connectivity index (χ3n) is 2.35. The number of ether oxygens (including phenoxy) is 1. The number of nitrogens with one attached hydrogen (secondary N) is 1. The fraction of sp³-hybridized carbons (Fsp3) is 0.727. The molecule has 0 unspecified atom stereocenters. The summed E-state index contributed by atoms with van der Waals surface area (Å²) in [6.07, 6.45) is -1.44. The van der Waals surface area contributed by atoms with E-state index in [1.165, 1.54) is 0 Å². The van der Waals surface area contributed by atoms with Crippen LogP contribution in [0.5, 0.6) is 0 Å². The summed E-state index contributed by atoms with van der Waals surface area (Å²) in [6, 6.07) is 0. The first-order valence-corrected chi connectivity index (χ1v) is 5.78. The van der Waals surface area contributed by atoms with Crippen molar-refractivity contribution in [3.8, 4) is 0 Å². The number of imidazole rings is 1. The molecule has 0 saturated carbocycles. The number of hydrogen-bond acceptors (Lipinski definition) is 3. The van der Waals surface area contributed by atoms with Crippen molar-refractivity contribution in [2.45, 2.75) is 32.1 Å².